The van der Waals surface area contributed by atoms with Crippen LogP contribution >= 0.6 is 11.3 Å². The lowest BCUT2D eigenvalue weighted by Crippen LogP contribution is -1.99. The number of thiophene rings is 1. The van der Waals surface area contributed by atoms with Crippen LogP contribution in [0.4, 0.5) is 0 Å². The van der Waals surface area contributed by atoms with Crippen LogP contribution in [0.1, 0.15) is 21.7 Å². The largest absolute Gasteiger partial charge is 0.330 e. The summed E-state index contributed by atoms with van der Waals surface area (Å²) in [6.07, 6.45) is 0.900. The van der Waals surface area contributed by atoms with E-state index < -0.39 is 0 Å². The predicted molar refractivity (Wildman–Crippen MR) is 56.5 cm³/mol. The van der Waals surface area contributed by atoms with Gasteiger partial charge in [0.25, 0.3) is 0 Å². The molecule has 0 aliphatic heterocycles. The predicted octanol–water partition coefficient (Wildman–Crippen LogP) is 2.73. The number of aryl methyl sites for hydroxylation is 2. The minimum absolute atomic E-state index is 0.688. The van der Waals surface area contributed by atoms with Crippen molar-refractivity contribution in [3.8, 4) is 0 Å². The van der Waals surface area contributed by atoms with Gasteiger partial charge in [-0.25, -0.2) is 0 Å². The third-order valence-corrected chi connectivity index (χ3v) is 2.83. The zero-order valence-electron chi connectivity index (χ0n) is 7.68. The summed E-state index contributed by atoms with van der Waals surface area (Å²) in [5, 5.41) is 0. The summed E-state index contributed by atoms with van der Waals surface area (Å²) in [7, 11) is 0. The maximum atomic E-state index is 5.47. The highest BCUT2D eigenvalue weighted by Gasteiger charge is 2.04. The van der Waals surface area contributed by atoms with Gasteiger partial charge in [0.2, 0.25) is 0 Å². The first-order valence-electron chi connectivity index (χ1n) is 4.10. The molecular weight excluding hydrogens is 166 g/mol. The number of nitrogens with two attached hydrogens (primary N) is 1. The van der Waals surface area contributed by atoms with Gasteiger partial charge in [-0.05, 0) is 44.0 Å². The minimum Gasteiger partial charge on any atom is -0.330 e. The van der Waals surface area contributed by atoms with E-state index in [1.54, 1.807) is 0 Å². The molecule has 0 atom stereocenters. The maximum Gasteiger partial charge on any atom is 0.00919 e. The molecule has 0 bridgehead atoms. The number of rotatable bonds is 3. The number of hydrogen-bond donors (Lipinski definition) is 1. The highest BCUT2D eigenvalue weighted by molar-refractivity contribution is 7.12. The quantitative estimate of drug-likeness (QED) is 0.762. The first-order valence-corrected chi connectivity index (χ1v) is 4.92. The van der Waals surface area contributed by atoms with Crippen molar-refractivity contribution in [2.24, 2.45) is 5.73 Å². The van der Waals surface area contributed by atoms with Crippen LogP contribution in [0.25, 0.3) is 5.57 Å². The van der Waals surface area contributed by atoms with Crippen molar-refractivity contribution in [2.75, 3.05) is 6.54 Å². The van der Waals surface area contributed by atoms with E-state index in [1.807, 2.05) is 11.3 Å². The fourth-order valence-electron chi connectivity index (χ4n) is 1.29. The summed E-state index contributed by atoms with van der Waals surface area (Å²) >= 11 is 1.82. The van der Waals surface area contributed by atoms with Gasteiger partial charge in [0.1, 0.15) is 0 Å². The highest BCUT2D eigenvalue weighted by atomic mass is 32.1. The van der Waals surface area contributed by atoms with Gasteiger partial charge in [0.05, 0.1) is 0 Å². The van der Waals surface area contributed by atoms with E-state index in [4.69, 9.17) is 5.73 Å². The zero-order chi connectivity index (χ0) is 9.14. The molecule has 0 aliphatic rings. The summed E-state index contributed by atoms with van der Waals surface area (Å²) in [5.41, 5.74) is 7.93. The Morgan fingerprint density at radius 3 is 2.67 bits per heavy atom. The van der Waals surface area contributed by atoms with Crippen LogP contribution in [0.3, 0.4) is 0 Å². The lowest BCUT2D eigenvalue weighted by Gasteiger charge is -2.01. The van der Waals surface area contributed by atoms with Gasteiger partial charge in [-0.3, -0.25) is 0 Å². The first-order chi connectivity index (χ1) is 5.65. The molecule has 0 radical (unpaired) electrons. The first kappa shape index (κ1) is 9.49. The molecule has 2 N–H and O–H groups in total. The average molecular weight is 181 g/mol. The Bertz CT molecular complexity index is 286. The molecule has 1 aromatic heterocycles. The van der Waals surface area contributed by atoms with E-state index in [0.29, 0.717) is 6.54 Å². The molecule has 1 nitrogen and oxygen atoms in total. The summed E-state index contributed by atoms with van der Waals surface area (Å²) in [6.45, 7) is 8.96. The van der Waals surface area contributed by atoms with Gasteiger partial charge in [-0.1, -0.05) is 6.58 Å². The monoisotopic (exact) mass is 181 g/mol. The van der Waals surface area contributed by atoms with Gasteiger partial charge in [-0.2, -0.15) is 0 Å². The Hall–Kier alpha value is -0.600. The highest BCUT2D eigenvalue weighted by Crippen LogP contribution is 2.27. The minimum atomic E-state index is 0.688. The lowest BCUT2D eigenvalue weighted by atomic mass is 10.1. The zero-order valence-corrected chi connectivity index (χ0v) is 8.50. The molecule has 0 spiro atoms. The van der Waals surface area contributed by atoms with Crippen molar-refractivity contribution in [3.05, 3.63) is 28.0 Å². The second-order valence-electron chi connectivity index (χ2n) is 2.97. The van der Waals surface area contributed by atoms with Crippen molar-refractivity contribution in [1.29, 1.82) is 0 Å². The Labute approximate surface area is 77.9 Å². The molecule has 0 aromatic carbocycles. The van der Waals surface area contributed by atoms with Gasteiger partial charge in [0, 0.05) is 9.75 Å². The molecule has 0 aliphatic carbocycles. The van der Waals surface area contributed by atoms with E-state index in [9.17, 15) is 0 Å². The van der Waals surface area contributed by atoms with Crippen LogP contribution < -0.4 is 5.73 Å². The van der Waals surface area contributed by atoms with Crippen LogP contribution in [0.2, 0.25) is 0 Å². The third kappa shape index (κ3) is 1.96. The van der Waals surface area contributed by atoms with Crippen molar-refractivity contribution in [1.82, 2.24) is 0 Å². The molecular formula is C10H15NS. The smallest absolute Gasteiger partial charge is 0.00919 e. The molecule has 0 saturated heterocycles. The fraction of sp³-hybridized carbons (Fsp3) is 0.400. The molecule has 12 heavy (non-hydrogen) atoms. The van der Waals surface area contributed by atoms with E-state index in [2.05, 4.69) is 26.5 Å². The van der Waals surface area contributed by atoms with Gasteiger partial charge in [-0.15, -0.1) is 11.3 Å². The lowest BCUT2D eigenvalue weighted by molar-refractivity contribution is 1.02. The Kier molecular flexibility index (Phi) is 3.06. The van der Waals surface area contributed by atoms with Gasteiger partial charge >= 0.3 is 0 Å². The summed E-state index contributed by atoms with van der Waals surface area (Å²) in [4.78, 5) is 2.70. The van der Waals surface area contributed by atoms with Crippen LogP contribution in [-0.2, 0) is 0 Å². The molecule has 66 valence electrons. The summed E-state index contributed by atoms with van der Waals surface area (Å²) < 4.78 is 0. The van der Waals surface area contributed by atoms with E-state index in [0.717, 1.165) is 6.42 Å². The Morgan fingerprint density at radius 1 is 1.58 bits per heavy atom. The van der Waals surface area contributed by atoms with Crippen molar-refractivity contribution in [3.63, 3.8) is 0 Å². The molecule has 0 fully saturated rings. The molecule has 1 aromatic rings. The van der Waals surface area contributed by atoms with Crippen molar-refractivity contribution >= 4 is 16.9 Å². The standard InChI is InChI=1S/C10H15NS/c1-7(4-5-11)10-6-8(2)12-9(10)3/h6H,1,4-5,11H2,2-3H3. The molecule has 0 unspecified atom stereocenters. The molecule has 0 amide bonds. The van der Waals surface area contributed by atoms with Crippen LogP contribution in [0.5, 0.6) is 0 Å². The van der Waals surface area contributed by atoms with Crippen molar-refractivity contribution < 1.29 is 0 Å². The van der Waals surface area contributed by atoms with Crippen LogP contribution in [-0.4, -0.2) is 6.54 Å². The normalized spacial score (nSPS) is 10.2. The van der Waals surface area contributed by atoms with Gasteiger partial charge < -0.3 is 5.73 Å². The fourth-order valence-corrected chi connectivity index (χ4v) is 2.26. The Balaban J connectivity index is 2.87. The molecule has 0 saturated carbocycles. The van der Waals surface area contributed by atoms with E-state index in [-0.39, 0.29) is 0 Å². The van der Waals surface area contributed by atoms with Crippen LogP contribution in [0.15, 0.2) is 12.6 Å². The second-order valence-corrected chi connectivity index (χ2v) is 4.43. The summed E-state index contributed by atoms with van der Waals surface area (Å²) in [5.74, 6) is 0. The second kappa shape index (κ2) is 3.87. The summed E-state index contributed by atoms with van der Waals surface area (Å²) in [6, 6.07) is 2.19. The van der Waals surface area contributed by atoms with Gasteiger partial charge in [0.15, 0.2) is 0 Å². The van der Waals surface area contributed by atoms with E-state index >= 15 is 0 Å². The number of hydrogen-bond acceptors (Lipinski definition) is 2. The Morgan fingerprint density at radius 2 is 2.25 bits per heavy atom. The maximum absolute atomic E-state index is 5.47. The topological polar surface area (TPSA) is 26.0 Å². The molecule has 1 heterocycles. The third-order valence-electron chi connectivity index (χ3n) is 1.87. The average Bonchev–Trinajstić information content (AvgIpc) is 2.30. The van der Waals surface area contributed by atoms with Crippen molar-refractivity contribution in [2.45, 2.75) is 20.3 Å². The molecule has 1 rings (SSSR count). The SMILES string of the molecule is C=C(CCN)c1cc(C)sc1C. The van der Waals surface area contributed by atoms with Crippen LogP contribution in [0, 0.1) is 13.8 Å². The molecule has 2 heteroatoms. The van der Waals surface area contributed by atoms with E-state index in [1.165, 1.54) is 20.9 Å².